The molecule has 94 valence electrons. The van der Waals surface area contributed by atoms with Crippen LogP contribution in [0.4, 0.5) is 0 Å². The van der Waals surface area contributed by atoms with Crippen LogP contribution in [0, 0.1) is 5.92 Å². The lowest BCUT2D eigenvalue weighted by Crippen LogP contribution is -2.19. The van der Waals surface area contributed by atoms with E-state index in [1.807, 2.05) is 30.3 Å². The normalized spacial score (nSPS) is 14.1. The average molecular weight is 242 g/mol. The van der Waals surface area contributed by atoms with E-state index in [4.69, 9.17) is 4.42 Å². The Kier molecular flexibility index (Phi) is 3.98. The van der Waals surface area contributed by atoms with Crippen LogP contribution in [-0.4, -0.2) is 5.78 Å². The van der Waals surface area contributed by atoms with E-state index < -0.39 is 0 Å². The van der Waals surface area contributed by atoms with Crippen LogP contribution in [-0.2, 0) is 0 Å². The summed E-state index contributed by atoms with van der Waals surface area (Å²) in [4.78, 5) is 12.5. The number of rotatable bonds is 5. The highest BCUT2D eigenvalue weighted by atomic mass is 16.3. The number of Topliss-reactive ketones (excluding diaryl/α,β-unsaturated/α-hetero) is 1. The Labute approximate surface area is 108 Å². The molecule has 0 aliphatic carbocycles. The van der Waals surface area contributed by atoms with Crippen molar-refractivity contribution in [2.24, 2.45) is 5.92 Å². The molecule has 0 aliphatic heterocycles. The predicted molar refractivity (Wildman–Crippen MR) is 71.7 cm³/mol. The number of hydrogen-bond donors (Lipinski definition) is 0. The second-order valence-corrected chi connectivity index (χ2v) is 4.65. The predicted octanol–water partition coefficient (Wildman–Crippen LogP) is 4.29. The van der Waals surface area contributed by atoms with E-state index in [1.165, 1.54) is 6.26 Å². The van der Waals surface area contributed by atoms with E-state index in [9.17, 15) is 4.79 Å². The van der Waals surface area contributed by atoms with Gasteiger partial charge < -0.3 is 4.42 Å². The maximum Gasteiger partial charge on any atom is 0.173 e. The molecule has 2 unspecified atom stereocenters. The molecule has 2 rings (SSSR count). The Morgan fingerprint density at radius 3 is 2.50 bits per heavy atom. The summed E-state index contributed by atoms with van der Waals surface area (Å²) in [6.07, 6.45) is 4.05. The molecule has 0 saturated heterocycles. The van der Waals surface area contributed by atoms with Gasteiger partial charge in [0.25, 0.3) is 0 Å². The number of carbonyl (C=O) groups is 1. The zero-order valence-electron chi connectivity index (χ0n) is 10.8. The lowest BCUT2D eigenvalue weighted by atomic mass is 9.81. The number of hydrogen-bond acceptors (Lipinski definition) is 2. The molecule has 1 aromatic heterocycles. The molecular formula is C16H18O2. The molecule has 0 aliphatic rings. The van der Waals surface area contributed by atoms with Crippen molar-refractivity contribution in [3.8, 4) is 0 Å². The summed E-state index contributed by atoms with van der Waals surface area (Å²) in [7, 11) is 0. The standard InChI is InChI=1S/C16H18O2/c1-3-12(2)15(13-7-5-4-6-8-13)16(17)14-9-10-18-11-14/h4-12,15H,3H2,1-2H3. The molecule has 2 atom stereocenters. The molecule has 0 saturated carbocycles. The quantitative estimate of drug-likeness (QED) is 0.732. The summed E-state index contributed by atoms with van der Waals surface area (Å²) in [6.45, 7) is 4.24. The van der Waals surface area contributed by atoms with Gasteiger partial charge in [0.05, 0.1) is 17.7 Å². The van der Waals surface area contributed by atoms with Gasteiger partial charge >= 0.3 is 0 Å². The monoisotopic (exact) mass is 242 g/mol. The molecular weight excluding hydrogens is 224 g/mol. The van der Waals surface area contributed by atoms with Crippen LogP contribution in [0.2, 0.25) is 0 Å². The Bertz CT molecular complexity index is 485. The number of carbonyl (C=O) groups excluding carboxylic acids is 1. The van der Waals surface area contributed by atoms with Crippen molar-refractivity contribution in [2.75, 3.05) is 0 Å². The summed E-state index contributed by atoms with van der Waals surface area (Å²) in [5.41, 5.74) is 1.74. The number of furan rings is 1. The topological polar surface area (TPSA) is 30.2 Å². The molecule has 1 heterocycles. The fourth-order valence-corrected chi connectivity index (χ4v) is 2.22. The smallest absolute Gasteiger partial charge is 0.173 e. The molecule has 0 spiro atoms. The summed E-state index contributed by atoms with van der Waals surface area (Å²) in [6, 6.07) is 11.7. The van der Waals surface area contributed by atoms with Gasteiger partial charge in [-0.05, 0) is 17.5 Å². The van der Waals surface area contributed by atoms with E-state index in [-0.39, 0.29) is 11.7 Å². The molecule has 1 aromatic carbocycles. The fourth-order valence-electron chi connectivity index (χ4n) is 2.22. The van der Waals surface area contributed by atoms with Crippen molar-refractivity contribution < 1.29 is 9.21 Å². The molecule has 2 nitrogen and oxygen atoms in total. The van der Waals surface area contributed by atoms with Gasteiger partial charge in [-0.15, -0.1) is 0 Å². The Morgan fingerprint density at radius 1 is 1.22 bits per heavy atom. The molecule has 2 aromatic rings. The minimum absolute atomic E-state index is 0.0891. The first-order valence-corrected chi connectivity index (χ1v) is 6.35. The Hall–Kier alpha value is -1.83. The van der Waals surface area contributed by atoms with Crippen molar-refractivity contribution in [1.29, 1.82) is 0 Å². The van der Waals surface area contributed by atoms with Crippen molar-refractivity contribution in [2.45, 2.75) is 26.2 Å². The van der Waals surface area contributed by atoms with E-state index in [2.05, 4.69) is 13.8 Å². The zero-order valence-corrected chi connectivity index (χ0v) is 10.8. The third-order valence-corrected chi connectivity index (χ3v) is 3.46. The van der Waals surface area contributed by atoms with Crippen LogP contribution < -0.4 is 0 Å². The van der Waals surface area contributed by atoms with Crippen LogP contribution in [0.5, 0.6) is 0 Å². The molecule has 0 amide bonds. The first kappa shape index (κ1) is 12.6. The molecule has 0 N–H and O–H groups in total. The molecule has 18 heavy (non-hydrogen) atoms. The summed E-state index contributed by atoms with van der Waals surface area (Å²) < 4.78 is 5.01. The number of benzene rings is 1. The van der Waals surface area contributed by atoms with Crippen LogP contribution in [0.15, 0.2) is 53.3 Å². The average Bonchev–Trinajstić information content (AvgIpc) is 2.94. The number of ketones is 1. The Balaban J connectivity index is 2.35. The third-order valence-electron chi connectivity index (χ3n) is 3.46. The van der Waals surface area contributed by atoms with E-state index in [0.717, 1.165) is 12.0 Å². The van der Waals surface area contributed by atoms with Gasteiger partial charge in [-0.2, -0.15) is 0 Å². The van der Waals surface area contributed by atoms with Gasteiger partial charge in [0.15, 0.2) is 5.78 Å². The SMILES string of the molecule is CCC(C)C(C(=O)c1ccoc1)c1ccccc1. The van der Waals surface area contributed by atoms with Crippen LogP contribution in [0.1, 0.15) is 42.1 Å². The third kappa shape index (κ3) is 2.53. The van der Waals surface area contributed by atoms with E-state index in [0.29, 0.717) is 11.5 Å². The second-order valence-electron chi connectivity index (χ2n) is 4.65. The minimum atomic E-state index is -0.0891. The minimum Gasteiger partial charge on any atom is -0.472 e. The Morgan fingerprint density at radius 2 is 1.94 bits per heavy atom. The highest BCUT2D eigenvalue weighted by Gasteiger charge is 2.27. The molecule has 2 heteroatoms. The van der Waals surface area contributed by atoms with Gasteiger partial charge in [-0.1, -0.05) is 50.6 Å². The zero-order chi connectivity index (χ0) is 13.0. The molecule has 0 fully saturated rings. The van der Waals surface area contributed by atoms with Crippen molar-refractivity contribution >= 4 is 5.78 Å². The molecule has 0 radical (unpaired) electrons. The summed E-state index contributed by atoms with van der Waals surface area (Å²) in [5.74, 6) is 0.368. The maximum atomic E-state index is 12.5. The van der Waals surface area contributed by atoms with Crippen LogP contribution in [0.3, 0.4) is 0 Å². The largest absolute Gasteiger partial charge is 0.472 e. The van der Waals surface area contributed by atoms with Crippen LogP contribution >= 0.6 is 0 Å². The van der Waals surface area contributed by atoms with Gasteiger partial charge in [0.2, 0.25) is 0 Å². The van der Waals surface area contributed by atoms with Gasteiger partial charge in [0, 0.05) is 0 Å². The van der Waals surface area contributed by atoms with Gasteiger partial charge in [-0.3, -0.25) is 4.79 Å². The summed E-state index contributed by atoms with van der Waals surface area (Å²) in [5, 5.41) is 0. The van der Waals surface area contributed by atoms with Crippen LogP contribution in [0.25, 0.3) is 0 Å². The second kappa shape index (κ2) is 5.67. The van der Waals surface area contributed by atoms with Gasteiger partial charge in [0.1, 0.15) is 6.26 Å². The van der Waals surface area contributed by atoms with Crippen molar-refractivity contribution in [1.82, 2.24) is 0 Å². The van der Waals surface area contributed by atoms with Crippen molar-refractivity contribution in [3.05, 3.63) is 60.1 Å². The maximum absolute atomic E-state index is 12.5. The first-order chi connectivity index (χ1) is 8.74. The summed E-state index contributed by atoms with van der Waals surface area (Å²) >= 11 is 0. The van der Waals surface area contributed by atoms with Gasteiger partial charge in [-0.25, -0.2) is 0 Å². The fraction of sp³-hybridized carbons (Fsp3) is 0.312. The lowest BCUT2D eigenvalue weighted by Gasteiger charge is -2.21. The lowest BCUT2D eigenvalue weighted by molar-refractivity contribution is 0.0931. The first-order valence-electron chi connectivity index (χ1n) is 6.35. The van der Waals surface area contributed by atoms with Crippen molar-refractivity contribution in [3.63, 3.8) is 0 Å². The van der Waals surface area contributed by atoms with E-state index in [1.54, 1.807) is 12.3 Å². The van der Waals surface area contributed by atoms with E-state index >= 15 is 0 Å². The molecule has 0 bridgehead atoms. The highest BCUT2D eigenvalue weighted by Crippen LogP contribution is 2.30. The highest BCUT2D eigenvalue weighted by molar-refractivity contribution is 6.00.